The van der Waals surface area contributed by atoms with E-state index in [0.717, 1.165) is 24.8 Å². The first-order valence-electron chi connectivity index (χ1n) is 8.88. The number of aliphatic hydroxyl groups is 3. The second-order valence-corrected chi connectivity index (χ2v) is 14.5. The topological polar surface area (TPSA) is 104 Å². The third kappa shape index (κ3) is 2.45. The second kappa shape index (κ2) is 6.00. The molecule has 3 N–H and O–H groups in total. The molecule has 25 heavy (non-hydrogen) atoms. The van der Waals surface area contributed by atoms with Crippen molar-refractivity contribution in [3.8, 4) is 0 Å². The fraction of sp³-hybridized carbons (Fsp3) is 0.778. The Labute approximate surface area is 154 Å². The van der Waals surface area contributed by atoms with Crippen LogP contribution in [0.15, 0.2) is 11.6 Å². The first-order valence-corrected chi connectivity index (χ1v) is 12.7. The van der Waals surface area contributed by atoms with Gasteiger partial charge in [-0.1, -0.05) is 0 Å². The maximum absolute atomic E-state index is 12.2. The predicted molar refractivity (Wildman–Crippen MR) is 98.3 cm³/mol. The summed E-state index contributed by atoms with van der Waals surface area (Å²) >= 11 is -2.18. The van der Waals surface area contributed by atoms with Crippen molar-refractivity contribution >= 4 is 31.6 Å². The van der Waals surface area contributed by atoms with Crippen LogP contribution in [0.3, 0.4) is 0 Å². The average molecular weight is 464 g/mol. The van der Waals surface area contributed by atoms with Crippen molar-refractivity contribution in [3.63, 3.8) is 0 Å². The summed E-state index contributed by atoms with van der Waals surface area (Å²) in [5, 5.41) is 31.2. The number of alkyl halides is 3. The summed E-state index contributed by atoms with van der Waals surface area (Å²) in [4.78, 5) is 23.8. The van der Waals surface area contributed by atoms with E-state index < -0.39 is 41.9 Å². The van der Waals surface area contributed by atoms with Crippen LogP contribution in [-0.2, 0) is 14.3 Å². The number of aliphatic hydroxyl groups excluding tert-OH is 2. The van der Waals surface area contributed by atoms with E-state index in [0.29, 0.717) is 21.4 Å². The monoisotopic (exact) mass is 464 g/mol. The molecule has 3 heterocycles. The molecule has 0 radical (unpaired) electrons. The van der Waals surface area contributed by atoms with Gasteiger partial charge in [0.05, 0.1) is 0 Å². The first-order chi connectivity index (χ1) is 11.8. The van der Waals surface area contributed by atoms with Gasteiger partial charge in [-0.2, -0.15) is 0 Å². The SMILES string of the molecule is CC12COC(=O)C=C1CCC1C3CC[C@](O)(C(=O)CO)I3CC(O)C12. The molecule has 140 valence electrons. The Kier molecular flexibility index (Phi) is 4.29. The normalized spacial score (nSPS) is 47.3. The minimum absolute atomic E-state index is 0.00530. The zero-order valence-electron chi connectivity index (χ0n) is 14.3. The van der Waals surface area contributed by atoms with E-state index in [1.54, 1.807) is 6.08 Å². The fourth-order valence-electron chi connectivity index (χ4n) is 5.55. The summed E-state index contributed by atoms with van der Waals surface area (Å²) in [7, 11) is 0. The number of esters is 1. The Morgan fingerprint density at radius 2 is 2.20 bits per heavy atom. The Morgan fingerprint density at radius 1 is 1.44 bits per heavy atom. The number of carbonyl (C=O) groups is 2. The summed E-state index contributed by atoms with van der Waals surface area (Å²) in [5.74, 6) is -0.493. The molecule has 0 aromatic carbocycles. The van der Waals surface area contributed by atoms with Gasteiger partial charge in [-0.25, -0.2) is 0 Å². The van der Waals surface area contributed by atoms with E-state index in [1.165, 1.54) is 0 Å². The zero-order valence-corrected chi connectivity index (χ0v) is 16.4. The van der Waals surface area contributed by atoms with Crippen LogP contribution in [0.4, 0.5) is 0 Å². The van der Waals surface area contributed by atoms with E-state index >= 15 is 0 Å². The number of halogens is 1. The van der Waals surface area contributed by atoms with Gasteiger partial charge in [-0.15, -0.1) is 0 Å². The quantitative estimate of drug-likeness (QED) is 0.317. The summed E-state index contributed by atoms with van der Waals surface area (Å²) in [5.41, 5.74) is 0.728. The van der Waals surface area contributed by atoms with Crippen molar-refractivity contribution in [1.82, 2.24) is 0 Å². The molecule has 1 aliphatic carbocycles. The first kappa shape index (κ1) is 17.9. The van der Waals surface area contributed by atoms with Crippen molar-refractivity contribution in [3.05, 3.63) is 11.6 Å². The van der Waals surface area contributed by atoms with Crippen LogP contribution >= 0.6 is 19.8 Å². The van der Waals surface area contributed by atoms with Crippen molar-refractivity contribution in [2.75, 3.05) is 17.6 Å². The molecule has 4 aliphatic rings. The van der Waals surface area contributed by atoms with Gasteiger partial charge < -0.3 is 0 Å². The van der Waals surface area contributed by atoms with Gasteiger partial charge in [0.25, 0.3) is 0 Å². The Bertz CT molecular complexity index is 647. The van der Waals surface area contributed by atoms with E-state index in [-0.39, 0.29) is 23.2 Å². The van der Waals surface area contributed by atoms with Gasteiger partial charge in [0, 0.05) is 0 Å². The van der Waals surface area contributed by atoms with E-state index in [4.69, 9.17) is 4.74 Å². The Balaban J connectivity index is 1.68. The van der Waals surface area contributed by atoms with Crippen molar-refractivity contribution in [1.29, 1.82) is 0 Å². The number of ketones is 1. The summed E-state index contributed by atoms with van der Waals surface area (Å²) < 4.78 is 4.77. The van der Waals surface area contributed by atoms with Gasteiger partial charge in [0.15, 0.2) is 0 Å². The number of hydrogen-bond acceptors (Lipinski definition) is 6. The molecular formula is C18H25IO6. The molecule has 4 rings (SSSR count). The molecule has 0 aromatic heterocycles. The van der Waals surface area contributed by atoms with Gasteiger partial charge in [0.1, 0.15) is 0 Å². The predicted octanol–water partition coefficient (Wildman–Crippen LogP) is 0.795. The van der Waals surface area contributed by atoms with E-state index in [1.807, 2.05) is 0 Å². The molecule has 3 fully saturated rings. The molecule has 1 saturated carbocycles. The molecule has 0 spiro atoms. The van der Waals surface area contributed by atoms with Crippen LogP contribution in [0.1, 0.15) is 32.6 Å². The Hall–Kier alpha value is -0.510. The molecule has 3 aliphatic heterocycles. The summed E-state index contributed by atoms with van der Waals surface area (Å²) in [6.45, 7) is 1.76. The van der Waals surface area contributed by atoms with Crippen molar-refractivity contribution in [2.45, 2.75) is 46.2 Å². The van der Waals surface area contributed by atoms with Gasteiger partial charge in [-0.05, 0) is 0 Å². The third-order valence-electron chi connectivity index (χ3n) is 6.75. The number of fused-ring (bicyclic) bond motifs is 5. The number of carbonyl (C=O) groups excluding carboxylic acids is 2. The minimum atomic E-state index is -2.18. The van der Waals surface area contributed by atoms with E-state index in [9.17, 15) is 24.9 Å². The molecule has 0 aromatic rings. The maximum atomic E-state index is 12.2. The van der Waals surface area contributed by atoms with Crippen LogP contribution in [0, 0.1) is 17.3 Å². The van der Waals surface area contributed by atoms with Crippen molar-refractivity contribution in [2.24, 2.45) is 17.3 Å². The number of rotatable bonds is 2. The molecule has 2 saturated heterocycles. The van der Waals surface area contributed by atoms with E-state index in [2.05, 4.69) is 6.92 Å². The van der Waals surface area contributed by atoms with Crippen LogP contribution in [0.5, 0.6) is 0 Å². The number of ether oxygens (including phenoxy) is 1. The van der Waals surface area contributed by atoms with Crippen molar-refractivity contribution < 1.29 is 29.6 Å². The molecular weight excluding hydrogens is 439 g/mol. The van der Waals surface area contributed by atoms with Gasteiger partial charge >= 0.3 is 154 Å². The van der Waals surface area contributed by atoms with Crippen LogP contribution in [-0.4, -0.2) is 58.3 Å². The third-order valence-corrected chi connectivity index (χ3v) is 15.5. The number of hydrogen-bond donors (Lipinski definition) is 3. The number of cyclic esters (lactones) is 1. The molecule has 6 nitrogen and oxygen atoms in total. The zero-order chi connectivity index (χ0) is 18.0. The Morgan fingerprint density at radius 3 is 2.92 bits per heavy atom. The van der Waals surface area contributed by atoms with Crippen LogP contribution in [0.25, 0.3) is 0 Å². The van der Waals surface area contributed by atoms with Crippen LogP contribution < -0.4 is 0 Å². The average Bonchev–Trinajstić information content (AvgIpc) is 2.92. The van der Waals surface area contributed by atoms with Gasteiger partial charge in [-0.3, -0.25) is 0 Å². The second-order valence-electron chi connectivity index (χ2n) is 7.94. The number of Topliss-reactive ketones (excluding diaryl/α,β-unsaturated/α-hetero) is 1. The summed E-state index contributed by atoms with van der Waals surface area (Å²) in [6, 6.07) is 0. The molecule has 5 unspecified atom stereocenters. The molecule has 6 atom stereocenters. The standard InChI is InChI=1S/C18H25IO6/c1-17-9-25-15(23)6-10(17)2-3-11-12-4-5-18(24,14(22)8-20)19(12)7-13(21)16(11)17/h6,11-13,16,20-21,24H,2-5,7-9H2,1H3/t11?,12?,13?,16?,17?,18-/m0/s1. The fourth-order valence-corrected chi connectivity index (χ4v) is 14.7. The molecule has 0 amide bonds. The molecule has 7 heteroatoms. The summed E-state index contributed by atoms with van der Waals surface area (Å²) in [6.07, 6.45) is 3.93. The van der Waals surface area contributed by atoms with Crippen LogP contribution in [0.2, 0.25) is 0 Å². The van der Waals surface area contributed by atoms with Gasteiger partial charge in [0.2, 0.25) is 0 Å². The molecule has 0 bridgehead atoms.